The number of benzene rings is 1. The number of para-hydroxylation sites is 1. The molecular formula is C28H33N5O2. The van der Waals surface area contributed by atoms with Gasteiger partial charge in [0.05, 0.1) is 11.6 Å². The number of nitrogens with zero attached hydrogens (tertiary/aromatic N) is 4. The van der Waals surface area contributed by atoms with E-state index in [0.717, 1.165) is 48.2 Å². The third-order valence-electron chi connectivity index (χ3n) is 6.47. The minimum absolute atomic E-state index is 0.0510. The summed E-state index contributed by atoms with van der Waals surface area (Å²) in [6, 6.07) is 13.8. The summed E-state index contributed by atoms with van der Waals surface area (Å²) >= 11 is 0. The standard InChI is InChI=1S/C28H33N5O2/c1-3-4-17-30-28(35)24-13-12-21(2)32(19-24)26(34)15-14-23-20-33(25-10-6-5-7-11-25)31-27(23)22-9-8-16-29-18-22/h5-11,14-16,18,20-21,24H,3-4,12-13,17,19H2,1-2H3,(H,30,35)/b15-14+. The monoisotopic (exact) mass is 471 g/mol. The molecule has 2 aromatic heterocycles. The third kappa shape index (κ3) is 6.04. The largest absolute Gasteiger partial charge is 0.356 e. The summed E-state index contributed by atoms with van der Waals surface area (Å²) in [6.07, 6.45) is 12.5. The van der Waals surface area contributed by atoms with Crippen LogP contribution in [0.5, 0.6) is 0 Å². The van der Waals surface area contributed by atoms with E-state index in [1.54, 1.807) is 18.5 Å². The molecule has 2 atom stereocenters. The number of hydrogen-bond donors (Lipinski definition) is 1. The summed E-state index contributed by atoms with van der Waals surface area (Å²) in [5.74, 6) is -0.199. The molecule has 1 aliphatic rings. The molecule has 0 bridgehead atoms. The molecule has 1 saturated heterocycles. The molecule has 0 aliphatic carbocycles. The normalized spacial score (nSPS) is 18.1. The van der Waals surface area contributed by atoms with Crippen LogP contribution in [0.15, 0.2) is 67.1 Å². The Morgan fingerprint density at radius 2 is 1.97 bits per heavy atom. The number of nitrogens with one attached hydrogen (secondary N) is 1. The summed E-state index contributed by atoms with van der Waals surface area (Å²) in [5, 5.41) is 7.79. The van der Waals surface area contributed by atoms with E-state index >= 15 is 0 Å². The number of carbonyl (C=O) groups excluding carboxylic acids is 2. The Kier molecular flexibility index (Phi) is 8.08. The van der Waals surface area contributed by atoms with Gasteiger partial charge in [0.1, 0.15) is 5.69 Å². The molecule has 7 heteroatoms. The van der Waals surface area contributed by atoms with E-state index in [1.165, 1.54) is 0 Å². The predicted octanol–water partition coefficient (Wildman–Crippen LogP) is 4.49. The van der Waals surface area contributed by atoms with Crippen LogP contribution in [0.2, 0.25) is 0 Å². The van der Waals surface area contributed by atoms with E-state index < -0.39 is 0 Å². The zero-order valence-corrected chi connectivity index (χ0v) is 20.4. The molecule has 35 heavy (non-hydrogen) atoms. The van der Waals surface area contributed by atoms with Crippen molar-refractivity contribution in [2.45, 2.75) is 45.6 Å². The van der Waals surface area contributed by atoms with Crippen molar-refractivity contribution in [2.75, 3.05) is 13.1 Å². The second-order valence-corrected chi connectivity index (χ2v) is 9.05. The van der Waals surface area contributed by atoms with Gasteiger partial charge in [-0.25, -0.2) is 4.68 Å². The molecule has 0 saturated carbocycles. The van der Waals surface area contributed by atoms with E-state index in [1.807, 2.05) is 71.2 Å². The van der Waals surface area contributed by atoms with Crippen LogP contribution in [-0.2, 0) is 9.59 Å². The quantitative estimate of drug-likeness (QED) is 0.388. The fraction of sp³-hybridized carbons (Fsp3) is 0.357. The highest BCUT2D eigenvalue weighted by Gasteiger charge is 2.31. The molecule has 1 aromatic carbocycles. The van der Waals surface area contributed by atoms with Crippen molar-refractivity contribution in [1.82, 2.24) is 25.0 Å². The van der Waals surface area contributed by atoms with E-state index in [2.05, 4.69) is 17.2 Å². The number of likely N-dealkylation sites (tertiary alicyclic amines) is 1. The molecule has 1 aliphatic heterocycles. The predicted molar refractivity (Wildman–Crippen MR) is 138 cm³/mol. The maximum Gasteiger partial charge on any atom is 0.246 e. The number of carbonyl (C=O) groups is 2. The van der Waals surface area contributed by atoms with Gasteiger partial charge in [-0.15, -0.1) is 0 Å². The van der Waals surface area contributed by atoms with E-state index in [4.69, 9.17) is 5.10 Å². The highest BCUT2D eigenvalue weighted by Crippen LogP contribution is 2.26. The Labute approximate surface area is 206 Å². The number of aromatic nitrogens is 3. The molecule has 3 heterocycles. The van der Waals surface area contributed by atoms with Crippen LogP contribution >= 0.6 is 0 Å². The lowest BCUT2D eigenvalue weighted by atomic mass is 9.92. The molecule has 2 unspecified atom stereocenters. The average Bonchev–Trinajstić information content (AvgIpc) is 3.33. The van der Waals surface area contributed by atoms with E-state index in [-0.39, 0.29) is 23.8 Å². The number of unbranched alkanes of at least 4 members (excludes halogenated alkanes) is 1. The number of amides is 2. The van der Waals surface area contributed by atoms with E-state index in [0.29, 0.717) is 13.1 Å². The lowest BCUT2D eigenvalue weighted by molar-refractivity contribution is -0.134. The second kappa shape index (κ2) is 11.6. The molecule has 1 fully saturated rings. The van der Waals surface area contributed by atoms with Crippen molar-refractivity contribution in [3.8, 4) is 16.9 Å². The zero-order chi connectivity index (χ0) is 24.6. The number of pyridine rings is 1. The van der Waals surface area contributed by atoms with Gasteiger partial charge in [-0.05, 0) is 56.5 Å². The summed E-state index contributed by atoms with van der Waals surface area (Å²) in [4.78, 5) is 31.8. The lowest BCUT2D eigenvalue weighted by Crippen LogP contribution is -2.49. The SMILES string of the molecule is CCCCNC(=O)C1CCC(C)N(C(=O)/C=C/c2cn(-c3ccccc3)nc2-c2cccnc2)C1. The lowest BCUT2D eigenvalue weighted by Gasteiger charge is -2.36. The molecule has 3 aromatic rings. The van der Waals surface area contributed by atoms with Gasteiger partial charge in [0.15, 0.2) is 0 Å². The van der Waals surface area contributed by atoms with Crippen molar-refractivity contribution < 1.29 is 9.59 Å². The first-order valence-corrected chi connectivity index (χ1v) is 12.4. The maximum absolute atomic E-state index is 13.2. The minimum Gasteiger partial charge on any atom is -0.356 e. The fourth-order valence-electron chi connectivity index (χ4n) is 4.37. The maximum atomic E-state index is 13.2. The summed E-state index contributed by atoms with van der Waals surface area (Å²) in [6.45, 7) is 5.29. The summed E-state index contributed by atoms with van der Waals surface area (Å²) < 4.78 is 1.81. The Bertz CT molecular complexity index is 1160. The highest BCUT2D eigenvalue weighted by atomic mass is 16.2. The number of piperidine rings is 1. The molecule has 0 radical (unpaired) electrons. The number of rotatable bonds is 8. The fourth-order valence-corrected chi connectivity index (χ4v) is 4.37. The first-order valence-electron chi connectivity index (χ1n) is 12.4. The molecule has 4 rings (SSSR count). The minimum atomic E-state index is -0.160. The van der Waals surface area contributed by atoms with Crippen LogP contribution in [0.3, 0.4) is 0 Å². The first-order chi connectivity index (χ1) is 17.1. The average molecular weight is 472 g/mol. The Hall–Kier alpha value is -3.74. The van der Waals surface area contributed by atoms with Gasteiger partial charge < -0.3 is 10.2 Å². The Balaban J connectivity index is 1.53. The molecule has 1 N–H and O–H groups in total. The third-order valence-corrected chi connectivity index (χ3v) is 6.47. The van der Waals surface area contributed by atoms with Crippen molar-refractivity contribution in [3.63, 3.8) is 0 Å². The molecule has 182 valence electrons. The van der Waals surface area contributed by atoms with Crippen LogP contribution in [0.25, 0.3) is 23.0 Å². The van der Waals surface area contributed by atoms with Gasteiger partial charge in [0.2, 0.25) is 11.8 Å². The second-order valence-electron chi connectivity index (χ2n) is 9.05. The van der Waals surface area contributed by atoms with Gasteiger partial charge in [-0.2, -0.15) is 5.10 Å². The van der Waals surface area contributed by atoms with Gasteiger partial charge in [-0.3, -0.25) is 14.6 Å². The van der Waals surface area contributed by atoms with Crippen LogP contribution < -0.4 is 5.32 Å². The first kappa shape index (κ1) is 24.4. The Morgan fingerprint density at radius 1 is 1.14 bits per heavy atom. The van der Waals surface area contributed by atoms with Crippen molar-refractivity contribution in [1.29, 1.82) is 0 Å². The zero-order valence-electron chi connectivity index (χ0n) is 20.4. The molecule has 7 nitrogen and oxygen atoms in total. The van der Waals surface area contributed by atoms with Crippen LogP contribution in [0, 0.1) is 5.92 Å². The van der Waals surface area contributed by atoms with Gasteiger partial charge >= 0.3 is 0 Å². The molecule has 2 amide bonds. The van der Waals surface area contributed by atoms with Gasteiger partial charge in [-0.1, -0.05) is 31.5 Å². The molecular weight excluding hydrogens is 438 g/mol. The number of hydrogen-bond acceptors (Lipinski definition) is 4. The van der Waals surface area contributed by atoms with Crippen molar-refractivity contribution >= 4 is 17.9 Å². The van der Waals surface area contributed by atoms with Crippen molar-refractivity contribution in [3.05, 3.63) is 72.7 Å². The van der Waals surface area contributed by atoms with Crippen LogP contribution in [0.4, 0.5) is 0 Å². The van der Waals surface area contributed by atoms with Crippen molar-refractivity contribution in [2.24, 2.45) is 5.92 Å². The smallest absolute Gasteiger partial charge is 0.246 e. The Morgan fingerprint density at radius 3 is 2.71 bits per heavy atom. The van der Waals surface area contributed by atoms with Gasteiger partial charge in [0.25, 0.3) is 0 Å². The summed E-state index contributed by atoms with van der Waals surface area (Å²) in [5.41, 5.74) is 3.40. The topological polar surface area (TPSA) is 80.1 Å². The highest BCUT2D eigenvalue weighted by molar-refractivity contribution is 5.93. The molecule has 0 spiro atoms. The van der Waals surface area contributed by atoms with Crippen LogP contribution in [0.1, 0.15) is 45.1 Å². The van der Waals surface area contributed by atoms with E-state index in [9.17, 15) is 9.59 Å². The summed E-state index contributed by atoms with van der Waals surface area (Å²) in [7, 11) is 0. The van der Waals surface area contributed by atoms with Crippen LogP contribution in [-0.4, -0.2) is 50.6 Å². The van der Waals surface area contributed by atoms with Gasteiger partial charge in [0, 0.05) is 54.9 Å².